The van der Waals surface area contributed by atoms with Crippen LogP contribution in [0, 0.1) is 11.8 Å². The molecule has 1 aromatic carbocycles. The zero-order valence-electron chi connectivity index (χ0n) is 15.0. The van der Waals surface area contributed by atoms with Crippen LogP contribution in [0.1, 0.15) is 42.6 Å². The maximum absolute atomic E-state index is 12.8. The minimum absolute atomic E-state index is 0.00401. The zero-order valence-corrected chi connectivity index (χ0v) is 15.0. The van der Waals surface area contributed by atoms with E-state index in [4.69, 9.17) is 4.74 Å². The third-order valence-corrected chi connectivity index (χ3v) is 4.58. The summed E-state index contributed by atoms with van der Waals surface area (Å²) in [4.78, 5) is 26.2. The molecule has 5 nitrogen and oxygen atoms in total. The number of hydrogen-bond acceptors (Lipinski definition) is 3. The van der Waals surface area contributed by atoms with Crippen LogP contribution in [0.15, 0.2) is 24.3 Å². The van der Waals surface area contributed by atoms with Gasteiger partial charge in [0.15, 0.2) is 0 Å². The maximum Gasteiger partial charge on any atom is 0.251 e. The first-order valence-electron chi connectivity index (χ1n) is 8.61. The minimum Gasteiger partial charge on any atom is -0.377 e. The summed E-state index contributed by atoms with van der Waals surface area (Å²) >= 11 is 0. The fraction of sp³-hybridized carbons (Fsp3) is 0.579. The Balaban J connectivity index is 2.01. The van der Waals surface area contributed by atoms with Gasteiger partial charge in [-0.2, -0.15) is 0 Å². The van der Waals surface area contributed by atoms with Crippen LogP contribution in [0.3, 0.4) is 0 Å². The average Bonchev–Trinajstić information content (AvgIpc) is 2.60. The van der Waals surface area contributed by atoms with Gasteiger partial charge in [0, 0.05) is 32.8 Å². The van der Waals surface area contributed by atoms with Gasteiger partial charge in [0.05, 0.1) is 12.0 Å². The summed E-state index contributed by atoms with van der Waals surface area (Å²) in [6.45, 7) is 5.49. The second-order valence-corrected chi connectivity index (χ2v) is 6.80. The number of benzene rings is 1. The van der Waals surface area contributed by atoms with E-state index >= 15 is 0 Å². The lowest BCUT2D eigenvalue weighted by Crippen LogP contribution is -2.44. The smallest absolute Gasteiger partial charge is 0.251 e. The molecule has 5 heteroatoms. The molecule has 0 aliphatic carbocycles. The number of carbonyl (C=O) groups excluding carboxylic acids is 2. The van der Waals surface area contributed by atoms with Crippen LogP contribution >= 0.6 is 0 Å². The fourth-order valence-electron chi connectivity index (χ4n) is 3.26. The molecule has 1 saturated heterocycles. The van der Waals surface area contributed by atoms with Crippen LogP contribution in [-0.4, -0.2) is 43.5 Å². The molecule has 1 heterocycles. The van der Waals surface area contributed by atoms with Crippen molar-refractivity contribution in [3.8, 4) is 0 Å². The Kier molecular flexibility index (Phi) is 6.37. The van der Waals surface area contributed by atoms with E-state index in [9.17, 15) is 9.59 Å². The summed E-state index contributed by atoms with van der Waals surface area (Å²) in [5.41, 5.74) is 1.63. The monoisotopic (exact) mass is 332 g/mol. The van der Waals surface area contributed by atoms with Crippen molar-refractivity contribution in [1.29, 1.82) is 0 Å². The predicted molar refractivity (Wildman–Crippen MR) is 93.6 cm³/mol. The number of nitrogens with zero attached hydrogens (tertiary/aromatic N) is 1. The summed E-state index contributed by atoms with van der Waals surface area (Å²) < 4.78 is 5.84. The first kappa shape index (κ1) is 18.5. The van der Waals surface area contributed by atoms with E-state index in [1.807, 2.05) is 19.2 Å². The normalized spacial score (nSPS) is 20.7. The number of carbonyl (C=O) groups is 2. The third-order valence-electron chi connectivity index (χ3n) is 4.58. The second-order valence-electron chi connectivity index (χ2n) is 6.80. The number of ether oxygens (including phenoxy) is 1. The van der Waals surface area contributed by atoms with Crippen molar-refractivity contribution in [2.45, 2.75) is 39.3 Å². The predicted octanol–water partition coefficient (Wildman–Crippen LogP) is 2.46. The Bertz CT molecular complexity index is 568. The molecule has 2 amide bonds. The van der Waals surface area contributed by atoms with Crippen molar-refractivity contribution < 1.29 is 14.3 Å². The van der Waals surface area contributed by atoms with Gasteiger partial charge in [0.2, 0.25) is 5.91 Å². The molecule has 1 N–H and O–H groups in total. The molecule has 24 heavy (non-hydrogen) atoms. The standard InChI is InChI=1S/C19H28N2O3/c1-13(2)17-16(6-5-11-24-17)19(23)21(4)12-14-7-9-15(10-8-14)18(22)20-3/h7-10,13,16-17H,5-6,11-12H2,1-4H3,(H,20,22)/t16-,17-/m0/s1. The Morgan fingerprint density at radius 3 is 2.54 bits per heavy atom. The largest absolute Gasteiger partial charge is 0.377 e. The molecule has 0 spiro atoms. The summed E-state index contributed by atoms with van der Waals surface area (Å²) in [5, 5.41) is 2.60. The molecule has 0 unspecified atom stereocenters. The Morgan fingerprint density at radius 1 is 1.29 bits per heavy atom. The van der Waals surface area contributed by atoms with Crippen LogP contribution in [0.4, 0.5) is 0 Å². The van der Waals surface area contributed by atoms with E-state index in [2.05, 4.69) is 19.2 Å². The fourth-order valence-corrected chi connectivity index (χ4v) is 3.26. The molecular formula is C19H28N2O3. The van der Waals surface area contributed by atoms with E-state index in [0.717, 1.165) is 25.0 Å². The summed E-state index contributed by atoms with van der Waals surface area (Å²) in [7, 11) is 3.45. The second kappa shape index (κ2) is 8.29. The van der Waals surface area contributed by atoms with Crippen LogP contribution in [0.2, 0.25) is 0 Å². The molecule has 1 aromatic rings. The summed E-state index contributed by atoms with van der Waals surface area (Å²) in [6.07, 6.45) is 1.83. The first-order valence-corrected chi connectivity index (χ1v) is 8.61. The molecule has 2 rings (SSSR count). The van der Waals surface area contributed by atoms with Gasteiger partial charge in [-0.05, 0) is 36.5 Å². The van der Waals surface area contributed by atoms with E-state index in [0.29, 0.717) is 18.0 Å². The van der Waals surface area contributed by atoms with Gasteiger partial charge in [0.1, 0.15) is 0 Å². The lowest BCUT2D eigenvalue weighted by molar-refractivity contribution is -0.147. The molecular weight excluding hydrogens is 304 g/mol. The molecule has 132 valence electrons. The molecule has 0 bridgehead atoms. The van der Waals surface area contributed by atoms with Crippen molar-refractivity contribution in [2.24, 2.45) is 11.8 Å². The van der Waals surface area contributed by atoms with E-state index in [1.165, 1.54) is 0 Å². The molecule has 0 radical (unpaired) electrons. The highest BCUT2D eigenvalue weighted by molar-refractivity contribution is 5.93. The minimum atomic E-state index is -0.106. The van der Waals surface area contributed by atoms with Crippen LogP contribution in [0.5, 0.6) is 0 Å². The van der Waals surface area contributed by atoms with Gasteiger partial charge < -0.3 is 15.0 Å². The SMILES string of the molecule is CNC(=O)c1ccc(CN(C)C(=O)[C@H]2CCCO[C@H]2C(C)C)cc1. The summed E-state index contributed by atoms with van der Waals surface area (Å²) in [5.74, 6) is 0.308. The van der Waals surface area contributed by atoms with Crippen molar-refractivity contribution in [1.82, 2.24) is 10.2 Å². The first-order chi connectivity index (χ1) is 11.4. The van der Waals surface area contributed by atoms with Crippen LogP contribution < -0.4 is 5.32 Å². The van der Waals surface area contributed by atoms with Gasteiger partial charge in [-0.25, -0.2) is 0 Å². The topological polar surface area (TPSA) is 58.6 Å². The lowest BCUT2D eigenvalue weighted by atomic mass is 9.86. The Hall–Kier alpha value is -1.88. The zero-order chi connectivity index (χ0) is 17.7. The number of hydrogen-bond donors (Lipinski definition) is 1. The average molecular weight is 332 g/mol. The molecule has 1 fully saturated rings. The highest BCUT2D eigenvalue weighted by Gasteiger charge is 2.35. The van der Waals surface area contributed by atoms with Gasteiger partial charge >= 0.3 is 0 Å². The van der Waals surface area contributed by atoms with E-state index in [-0.39, 0.29) is 23.8 Å². The van der Waals surface area contributed by atoms with E-state index < -0.39 is 0 Å². The lowest BCUT2D eigenvalue weighted by Gasteiger charge is -2.35. The molecule has 1 aliphatic heterocycles. The van der Waals surface area contributed by atoms with Crippen molar-refractivity contribution in [2.75, 3.05) is 20.7 Å². The van der Waals surface area contributed by atoms with Crippen molar-refractivity contribution in [3.05, 3.63) is 35.4 Å². The third kappa shape index (κ3) is 4.35. The van der Waals surface area contributed by atoms with E-state index in [1.54, 1.807) is 24.1 Å². The molecule has 2 atom stereocenters. The van der Waals surface area contributed by atoms with Crippen molar-refractivity contribution >= 4 is 11.8 Å². The van der Waals surface area contributed by atoms with Crippen molar-refractivity contribution in [3.63, 3.8) is 0 Å². The quantitative estimate of drug-likeness (QED) is 0.901. The van der Waals surface area contributed by atoms with Crippen LogP contribution in [-0.2, 0) is 16.1 Å². The number of nitrogens with one attached hydrogen (secondary N) is 1. The van der Waals surface area contributed by atoms with Gasteiger partial charge in [-0.1, -0.05) is 26.0 Å². The maximum atomic E-state index is 12.8. The number of rotatable bonds is 5. The van der Waals surface area contributed by atoms with Gasteiger partial charge in [0.25, 0.3) is 5.91 Å². The summed E-state index contributed by atoms with van der Waals surface area (Å²) in [6, 6.07) is 7.36. The van der Waals surface area contributed by atoms with Crippen LogP contribution in [0.25, 0.3) is 0 Å². The Morgan fingerprint density at radius 2 is 1.96 bits per heavy atom. The van der Waals surface area contributed by atoms with Gasteiger partial charge in [-0.3, -0.25) is 9.59 Å². The highest BCUT2D eigenvalue weighted by atomic mass is 16.5. The van der Waals surface area contributed by atoms with Gasteiger partial charge in [-0.15, -0.1) is 0 Å². The highest BCUT2D eigenvalue weighted by Crippen LogP contribution is 2.28. The Labute approximate surface area is 144 Å². The molecule has 0 aromatic heterocycles. The molecule has 1 aliphatic rings. The molecule has 0 saturated carbocycles. The number of amides is 2.